The third kappa shape index (κ3) is 4.28. The monoisotopic (exact) mass is 415 g/mol. The van der Waals surface area contributed by atoms with Gasteiger partial charge in [0.1, 0.15) is 11.5 Å². The largest absolute Gasteiger partial charge is 0.507 e. The molecule has 1 aliphatic heterocycles. The molecule has 0 aliphatic carbocycles. The van der Waals surface area contributed by atoms with E-state index < -0.39 is 17.7 Å². The topological polar surface area (TPSA) is 71.3 Å². The Morgan fingerprint density at radius 1 is 1.10 bits per heavy atom. The van der Waals surface area contributed by atoms with E-state index in [4.69, 9.17) is 16.3 Å². The first-order valence-electron chi connectivity index (χ1n) is 9.30. The molecule has 6 nitrogen and oxygen atoms in total. The molecular formula is C22H24ClN2O4+. The Labute approximate surface area is 174 Å². The van der Waals surface area contributed by atoms with Crippen LogP contribution in [0.1, 0.15) is 17.2 Å². The predicted octanol–water partition coefficient (Wildman–Crippen LogP) is 1.91. The lowest BCUT2D eigenvalue weighted by Crippen LogP contribution is -3.06. The number of nitrogens with one attached hydrogen (secondary N) is 1. The molecule has 1 atom stereocenters. The van der Waals surface area contributed by atoms with E-state index in [1.165, 1.54) is 4.90 Å². The van der Waals surface area contributed by atoms with Crippen LogP contribution in [-0.2, 0) is 9.59 Å². The molecule has 1 saturated heterocycles. The number of methoxy groups -OCH3 is 1. The second kappa shape index (κ2) is 8.68. The number of quaternary nitrogens is 1. The average molecular weight is 416 g/mol. The van der Waals surface area contributed by atoms with Gasteiger partial charge >= 0.3 is 0 Å². The van der Waals surface area contributed by atoms with Crippen LogP contribution in [0.15, 0.2) is 54.1 Å². The molecule has 0 spiro atoms. The number of likely N-dealkylation sites (N-methyl/N-ethyl adjacent to an activating group) is 1. The molecule has 29 heavy (non-hydrogen) atoms. The summed E-state index contributed by atoms with van der Waals surface area (Å²) in [6.45, 7) is 1.05. The maximum atomic E-state index is 12.9. The highest BCUT2D eigenvalue weighted by molar-refractivity contribution is 6.46. The molecule has 2 aromatic carbocycles. The van der Waals surface area contributed by atoms with E-state index in [9.17, 15) is 14.7 Å². The van der Waals surface area contributed by atoms with Crippen LogP contribution in [0.4, 0.5) is 0 Å². The summed E-state index contributed by atoms with van der Waals surface area (Å²) in [4.78, 5) is 28.3. The van der Waals surface area contributed by atoms with E-state index in [0.717, 1.165) is 10.5 Å². The average Bonchev–Trinajstić information content (AvgIpc) is 2.97. The zero-order valence-electron chi connectivity index (χ0n) is 16.6. The Morgan fingerprint density at radius 3 is 2.28 bits per heavy atom. The number of ether oxygens (including phenoxy) is 1. The van der Waals surface area contributed by atoms with Crippen molar-refractivity contribution in [3.05, 3.63) is 70.3 Å². The fourth-order valence-corrected chi connectivity index (χ4v) is 3.48. The van der Waals surface area contributed by atoms with E-state index in [2.05, 4.69) is 0 Å². The fraction of sp³-hybridized carbons (Fsp3) is 0.273. The zero-order chi connectivity index (χ0) is 21.1. The lowest BCUT2D eigenvalue weighted by atomic mass is 9.95. The SMILES string of the molecule is COc1ccc(C(O)=C2C(=O)C(=O)N(CC[NH+](C)C)[C@@H]2c2ccc(Cl)cc2)cc1. The van der Waals surface area contributed by atoms with E-state index in [-0.39, 0.29) is 11.3 Å². The number of hydrogen-bond donors (Lipinski definition) is 2. The van der Waals surface area contributed by atoms with E-state index >= 15 is 0 Å². The van der Waals surface area contributed by atoms with Gasteiger partial charge in [0.15, 0.2) is 0 Å². The molecule has 2 N–H and O–H groups in total. The number of carbonyl (C=O) groups excluding carboxylic acids is 2. The van der Waals surface area contributed by atoms with E-state index in [0.29, 0.717) is 29.4 Å². The Kier molecular flexibility index (Phi) is 6.25. The molecule has 1 fully saturated rings. The number of ketones is 1. The summed E-state index contributed by atoms with van der Waals surface area (Å²) in [5, 5.41) is 11.5. The van der Waals surface area contributed by atoms with Crippen LogP contribution in [0, 0.1) is 0 Å². The van der Waals surface area contributed by atoms with Gasteiger partial charge in [-0.1, -0.05) is 23.7 Å². The lowest BCUT2D eigenvalue weighted by Gasteiger charge is -2.25. The first-order chi connectivity index (χ1) is 13.8. The van der Waals surface area contributed by atoms with Gasteiger partial charge in [0.2, 0.25) is 0 Å². The second-order valence-electron chi connectivity index (χ2n) is 7.23. The Bertz CT molecular complexity index is 936. The quantitative estimate of drug-likeness (QED) is 0.429. The third-order valence-electron chi connectivity index (χ3n) is 4.94. The molecule has 7 heteroatoms. The molecule has 152 valence electrons. The van der Waals surface area contributed by atoms with Gasteiger partial charge in [0, 0.05) is 10.6 Å². The van der Waals surface area contributed by atoms with Gasteiger partial charge in [-0.15, -0.1) is 0 Å². The summed E-state index contributed by atoms with van der Waals surface area (Å²) in [5.74, 6) is -0.871. The van der Waals surface area contributed by atoms with Gasteiger partial charge in [-0.25, -0.2) is 0 Å². The number of benzene rings is 2. The third-order valence-corrected chi connectivity index (χ3v) is 5.19. The van der Waals surface area contributed by atoms with Crippen molar-refractivity contribution < 1.29 is 24.3 Å². The first-order valence-corrected chi connectivity index (χ1v) is 9.68. The highest BCUT2D eigenvalue weighted by atomic mass is 35.5. The molecule has 2 aromatic rings. The number of Topliss-reactive ketones (excluding diaryl/α,β-unsaturated/α-hetero) is 1. The normalized spacial score (nSPS) is 18.5. The standard InChI is InChI=1S/C22H23ClN2O4/c1-24(2)12-13-25-19(14-4-8-16(23)9-5-14)18(21(27)22(25)28)20(26)15-6-10-17(29-3)11-7-15/h4-11,19,26H,12-13H2,1-3H3/p+1/t19-/m1/s1. The Hall–Kier alpha value is -2.83. The number of aliphatic hydroxyl groups is 1. The first kappa shape index (κ1) is 20.9. The predicted molar refractivity (Wildman–Crippen MR) is 111 cm³/mol. The van der Waals surface area contributed by atoms with Crippen LogP contribution in [0.3, 0.4) is 0 Å². The molecule has 0 saturated carbocycles. The van der Waals surface area contributed by atoms with Crippen LogP contribution < -0.4 is 9.64 Å². The van der Waals surface area contributed by atoms with Crippen molar-refractivity contribution in [2.75, 3.05) is 34.3 Å². The molecule has 0 radical (unpaired) electrons. The number of carbonyl (C=O) groups is 2. The van der Waals surface area contributed by atoms with Crippen molar-refractivity contribution in [3.8, 4) is 5.75 Å². The Morgan fingerprint density at radius 2 is 1.72 bits per heavy atom. The van der Waals surface area contributed by atoms with Gasteiger partial charge in [0.25, 0.3) is 11.7 Å². The summed E-state index contributed by atoms with van der Waals surface area (Å²) in [5.41, 5.74) is 1.25. The molecular weight excluding hydrogens is 392 g/mol. The van der Waals surface area contributed by atoms with Crippen LogP contribution in [-0.4, -0.2) is 56.0 Å². The van der Waals surface area contributed by atoms with Crippen molar-refractivity contribution in [2.24, 2.45) is 0 Å². The Balaban J connectivity index is 2.11. The van der Waals surface area contributed by atoms with Crippen LogP contribution >= 0.6 is 11.6 Å². The highest BCUT2D eigenvalue weighted by Gasteiger charge is 2.46. The molecule has 1 amide bonds. The fourth-order valence-electron chi connectivity index (χ4n) is 3.35. The number of hydrogen-bond acceptors (Lipinski definition) is 4. The number of rotatable bonds is 6. The minimum Gasteiger partial charge on any atom is -0.507 e. The minimum absolute atomic E-state index is 0.0799. The van der Waals surface area contributed by atoms with Crippen molar-refractivity contribution in [2.45, 2.75) is 6.04 Å². The number of nitrogens with zero attached hydrogens (tertiary/aromatic N) is 1. The van der Waals surface area contributed by atoms with Crippen molar-refractivity contribution >= 4 is 29.1 Å². The van der Waals surface area contributed by atoms with Crippen LogP contribution in [0.5, 0.6) is 5.75 Å². The zero-order valence-corrected chi connectivity index (χ0v) is 17.4. The second-order valence-corrected chi connectivity index (χ2v) is 7.67. The van der Waals surface area contributed by atoms with Gasteiger partial charge < -0.3 is 19.6 Å². The van der Waals surface area contributed by atoms with Gasteiger partial charge in [0.05, 0.1) is 45.9 Å². The molecule has 0 bridgehead atoms. The summed E-state index contributed by atoms with van der Waals surface area (Å²) in [6, 6.07) is 13.0. The molecule has 0 unspecified atom stereocenters. The number of amides is 1. The van der Waals surface area contributed by atoms with Crippen molar-refractivity contribution in [1.82, 2.24) is 4.90 Å². The summed E-state index contributed by atoms with van der Waals surface area (Å²) in [7, 11) is 5.50. The molecule has 1 heterocycles. The summed E-state index contributed by atoms with van der Waals surface area (Å²) in [6.07, 6.45) is 0. The van der Waals surface area contributed by atoms with Crippen LogP contribution in [0.2, 0.25) is 5.02 Å². The smallest absolute Gasteiger partial charge is 0.295 e. The molecule has 3 rings (SSSR count). The molecule has 1 aliphatic rings. The summed E-state index contributed by atoms with van der Waals surface area (Å²) >= 11 is 6.01. The lowest BCUT2D eigenvalue weighted by molar-refractivity contribution is -0.857. The van der Waals surface area contributed by atoms with E-state index in [1.54, 1.807) is 55.6 Å². The number of likely N-dealkylation sites (tertiary alicyclic amines) is 1. The number of aliphatic hydroxyl groups excluding tert-OH is 1. The van der Waals surface area contributed by atoms with Crippen LogP contribution in [0.25, 0.3) is 5.76 Å². The van der Waals surface area contributed by atoms with Crippen molar-refractivity contribution in [3.63, 3.8) is 0 Å². The number of halogens is 1. The van der Waals surface area contributed by atoms with Gasteiger partial charge in [-0.3, -0.25) is 9.59 Å². The van der Waals surface area contributed by atoms with Gasteiger partial charge in [-0.2, -0.15) is 0 Å². The minimum atomic E-state index is -0.688. The molecule has 0 aromatic heterocycles. The van der Waals surface area contributed by atoms with Crippen molar-refractivity contribution in [1.29, 1.82) is 0 Å². The highest BCUT2D eigenvalue weighted by Crippen LogP contribution is 2.39. The summed E-state index contributed by atoms with van der Waals surface area (Å²) < 4.78 is 5.14. The van der Waals surface area contributed by atoms with E-state index in [1.807, 2.05) is 14.1 Å². The van der Waals surface area contributed by atoms with Gasteiger partial charge in [-0.05, 0) is 42.0 Å². The maximum absolute atomic E-state index is 12.9. The maximum Gasteiger partial charge on any atom is 0.295 e.